The molecular weight excluding hydrogens is 172 g/mol. The number of ether oxygens (including phenoxy) is 2. The van der Waals surface area contributed by atoms with Crippen molar-refractivity contribution in [1.29, 1.82) is 0 Å². The Labute approximate surface area is 77.5 Å². The number of carbonyl (C=O) groups is 2. The van der Waals surface area contributed by atoms with Gasteiger partial charge >= 0.3 is 11.9 Å². The van der Waals surface area contributed by atoms with E-state index in [0.717, 1.165) is 12.2 Å². The third-order valence-electron chi connectivity index (χ3n) is 0.994. The molecule has 4 heteroatoms. The highest BCUT2D eigenvalue weighted by molar-refractivity contribution is 5.91. The van der Waals surface area contributed by atoms with E-state index in [0.29, 0.717) is 6.61 Å². The molecule has 0 aromatic carbocycles. The van der Waals surface area contributed by atoms with Crippen molar-refractivity contribution in [3.8, 4) is 0 Å². The molecule has 0 aliphatic rings. The zero-order valence-electron chi connectivity index (χ0n) is 8.07. The lowest BCUT2D eigenvalue weighted by Gasteiger charge is -2.03. The number of rotatable bonds is 4. The zero-order chi connectivity index (χ0) is 10.3. The van der Waals surface area contributed by atoms with E-state index in [1.807, 2.05) is 0 Å². The van der Waals surface area contributed by atoms with Crippen molar-refractivity contribution >= 4 is 11.9 Å². The lowest BCUT2D eigenvalue weighted by molar-refractivity contribution is -0.142. The fourth-order valence-electron chi connectivity index (χ4n) is 0.598. The molecule has 0 aromatic heterocycles. The van der Waals surface area contributed by atoms with Gasteiger partial charge in [0.15, 0.2) is 0 Å². The molecule has 0 fully saturated rings. The van der Waals surface area contributed by atoms with E-state index in [9.17, 15) is 9.59 Å². The predicted molar refractivity (Wildman–Crippen MR) is 47.0 cm³/mol. The first-order valence-electron chi connectivity index (χ1n) is 4.11. The van der Waals surface area contributed by atoms with E-state index < -0.39 is 11.9 Å². The third kappa shape index (κ3) is 7.05. The topological polar surface area (TPSA) is 52.6 Å². The summed E-state index contributed by atoms with van der Waals surface area (Å²) in [6.45, 7) is 5.45. The SMILES string of the molecule is CCOC(=O)/C=C/C(=O)OC(C)C. The minimum atomic E-state index is -0.539. The second kappa shape index (κ2) is 6.22. The van der Waals surface area contributed by atoms with Gasteiger partial charge in [0.1, 0.15) is 0 Å². The van der Waals surface area contributed by atoms with Gasteiger partial charge in [-0.25, -0.2) is 9.59 Å². The van der Waals surface area contributed by atoms with Crippen LogP contribution in [0, 0.1) is 0 Å². The monoisotopic (exact) mass is 186 g/mol. The maximum Gasteiger partial charge on any atom is 0.331 e. The molecule has 0 amide bonds. The molecule has 0 radical (unpaired) electrons. The highest BCUT2D eigenvalue weighted by Crippen LogP contribution is 1.90. The van der Waals surface area contributed by atoms with Crippen LogP contribution in [0.1, 0.15) is 20.8 Å². The molecule has 0 spiro atoms. The van der Waals surface area contributed by atoms with E-state index >= 15 is 0 Å². The Morgan fingerprint density at radius 1 is 1.23 bits per heavy atom. The van der Waals surface area contributed by atoms with Crippen molar-refractivity contribution in [2.75, 3.05) is 6.61 Å². The molecule has 74 valence electrons. The smallest absolute Gasteiger partial charge is 0.331 e. The van der Waals surface area contributed by atoms with Gasteiger partial charge in [0.2, 0.25) is 0 Å². The molecular formula is C9H14O4. The Bertz CT molecular complexity index is 206. The predicted octanol–water partition coefficient (Wildman–Crippen LogP) is 1.06. The van der Waals surface area contributed by atoms with Gasteiger partial charge in [0.05, 0.1) is 12.7 Å². The van der Waals surface area contributed by atoms with E-state index in [2.05, 4.69) is 4.74 Å². The van der Waals surface area contributed by atoms with Crippen LogP contribution in [-0.2, 0) is 19.1 Å². The Kier molecular flexibility index (Phi) is 5.59. The summed E-state index contributed by atoms with van der Waals surface area (Å²) in [7, 11) is 0. The van der Waals surface area contributed by atoms with E-state index in [-0.39, 0.29) is 6.10 Å². The first-order valence-corrected chi connectivity index (χ1v) is 4.11. The number of hydrogen-bond donors (Lipinski definition) is 0. The quantitative estimate of drug-likeness (QED) is 0.486. The van der Waals surface area contributed by atoms with Crippen molar-refractivity contribution in [1.82, 2.24) is 0 Å². The van der Waals surface area contributed by atoms with Crippen LogP contribution in [0.5, 0.6) is 0 Å². The van der Waals surface area contributed by atoms with Gasteiger partial charge in [-0.3, -0.25) is 0 Å². The van der Waals surface area contributed by atoms with Gasteiger partial charge in [-0.1, -0.05) is 0 Å². The van der Waals surface area contributed by atoms with Crippen LogP contribution in [0.4, 0.5) is 0 Å². The maximum atomic E-state index is 10.8. The summed E-state index contributed by atoms with van der Waals surface area (Å²) < 4.78 is 9.31. The number of esters is 2. The number of carbonyl (C=O) groups excluding carboxylic acids is 2. The second-order valence-corrected chi connectivity index (χ2v) is 2.57. The lowest BCUT2D eigenvalue weighted by Crippen LogP contribution is -2.09. The molecule has 0 saturated heterocycles. The minimum Gasteiger partial charge on any atom is -0.463 e. The molecule has 0 N–H and O–H groups in total. The summed E-state index contributed by atoms with van der Waals surface area (Å²) in [5.41, 5.74) is 0. The van der Waals surface area contributed by atoms with Gasteiger partial charge in [0.25, 0.3) is 0 Å². The van der Waals surface area contributed by atoms with Crippen molar-refractivity contribution in [3.63, 3.8) is 0 Å². The summed E-state index contributed by atoms with van der Waals surface area (Å²) in [6, 6.07) is 0. The molecule has 0 aromatic rings. The minimum absolute atomic E-state index is 0.181. The normalized spacial score (nSPS) is 10.5. The van der Waals surface area contributed by atoms with Crippen molar-refractivity contribution in [2.45, 2.75) is 26.9 Å². The standard InChI is InChI=1S/C9H14O4/c1-4-12-8(10)5-6-9(11)13-7(2)3/h5-7H,4H2,1-3H3/b6-5+. The van der Waals surface area contributed by atoms with Crippen LogP contribution < -0.4 is 0 Å². The van der Waals surface area contributed by atoms with Crippen LogP contribution in [0.25, 0.3) is 0 Å². The molecule has 0 saturated carbocycles. The van der Waals surface area contributed by atoms with E-state index in [4.69, 9.17) is 4.74 Å². The average Bonchev–Trinajstić information content (AvgIpc) is 2.00. The number of hydrogen-bond acceptors (Lipinski definition) is 4. The Morgan fingerprint density at radius 2 is 1.77 bits per heavy atom. The van der Waals surface area contributed by atoms with Crippen LogP contribution in [0.3, 0.4) is 0 Å². The molecule has 0 atom stereocenters. The van der Waals surface area contributed by atoms with Crippen molar-refractivity contribution in [2.24, 2.45) is 0 Å². The fraction of sp³-hybridized carbons (Fsp3) is 0.556. The highest BCUT2D eigenvalue weighted by atomic mass is 16.5. The third-order valence-corrected chi connectivity index (χ3v) is 0.994. The Morgan fingerprint density at radius 3 is 2.23 bits per heavy atom. The second-order valence-electron chi connectivity index (χ2n) is 2.57. The lowest BCUT2D eigenvalue weighted by atomic mass is 10.4. The summed E-state index contributed by atoms with van der Waals surface area (Å²) in [6.07, 6.45) is 1.92. The first kappa shape index (κ1) is 11.7. The van der Waals surface area contributed by atoms with Crippen LogP contribution >= 0.6 is 0 Å². The van der Waals surface area contributed by atoms with Crippen LogP contribution in [0.2, 0.25) is 0 Å². The zero-order valence-corrected chi connectivity index (χ0v) is 8.07. The fourth-order valence-corrected chi connectivity index (χ4v) is 0.598. The molecule has 13 heavy (non-hydrogen) atoms. The van der Waals surface area contributed by atoms with Gasteiger partial charge in [-0.2, -0.15) is 0 Å². The van der Waals surface area contributed by atoms with Gasteiger partial charge < -0.3 is 9.47 Å². The molecule has 0 unspecified atom stereocenters. The Hall–Kier alpha value is -1.32. The van der Waals surface area contributed by atoms with Crippen LogP contribution in [-0.4, -0.2) is 24.6 Å². The molecule has 0 bridgehead atoms. The van der Waals surface area contributed by atoms with Gasteiger partial charge in [-0.05, 0) is 20.8 Å². The van der Waals surface area contributed by atoms with E-state index in [1.54, 1.807) is 20.8 Å². The maximum absolute atomic E-state index is 10.8. The van der Waals surface area contributed by atoms with Gasteiger partial charge in [-0.15, -0.1) is 0 Å². The molecule has 0 aliphatic heterocycles. The summed E-state index contributed by atoms with van der Waals surface area (Å²) in [5.74, 6) is -1.08. The Balaban J connectivity index is 3.83. The molecule has 0 rings (SSSR count). The summed E-state index contributed by atoms with van der Waals surface area (Å²) >= 11 is 0. The highest BCUT2D eigenvalue weighted by Gasteiger charge is 2.01. The van der Waals surface area contributed by atoms with Crippen molar-refractivity contribution < 1.29 is 19.1 Å². The van der Waals surface area contributed by atoms with E-state index in [1.165, 1.54) is 0 Å². The summed E-state index contributed by atoms with van der Waals surface area (Å²) in [4.78, 5) is 21.6. The molecule has 4 nitrogen and oxygen atoms in total. The summed E-state index contributed by atoms with van der Waals surface area (Å²) in [5, 5.41) is 0. The first-order chi connectivity index (χ1) is 6.06. The van der Waals surface area contributed by atoms with Gasteiger partial charge in [0, 0.05) is 12.2 Å². The molecule has 0 aliphatic carbocycles. The van der Waals surface area contributed by atoms with Crippen molar-refractivity contribution in [3.05, 3.63) is 12.2 Å². The molecule has 0 heterocycles. The average molecular weight is 186 g/mol. The largest absolute Gasteiger partial charge is 0.463 e. The van der Waals surface area contributed by atoms with Crippen LogP contribution in [0.15, 0.2) is 12.2 Å².